The number of rotatable bonds is 16. The molecule has 1 N–H and O–H groups in total. The van der Waals surface area contributed by atoms with E-state index in [0.717, 1.165) is 32.1 Å². The molecule has 1 saturated heterocycles. The predicted molar refractivity (Wildman–Crippen MR) is 142 cm³/mol. The Labute approximate surface area is 216 Å². The number of esters is 2. The lowest BCUT2D eigenvalue weighted by Gasteiger charge is -2.34. The highest BCUT2D eigenvalue weighted by molar-refractivity contribution is 5.88. The molecule has 0 saturated carbocycles. The van der Waals surface area contributed by atoms with Gasteiger partial charge in [-0.3, -0.25) is 0 Å². The molecule has 0 spiro atoms. The average molecular weight is 501 g/mol. The van der Waals surface area contributed by atoms with Crippen molar-refractivity contribution >= 4 is 11.9 Å². The van der Waals surface area contributed by atoms with Gasteiger partial charge in [0.2, 0.25) is 0 Å². The first-order valence-electron chi connectivity index (χ1n) is 13.3. The zero-order valence-electron chi connectivity index (χ0n) is 22.1. The van der Waals surface area contributed by atoms with Gasteiger partial charge in [-0.1, -0.05) is 57.2 Å². The molecule has 1 heterocycles. The molecule has 1 aliphatic rings. The van der Waals surface area contributed by atoms with Gasteiger partial charge in [0.1, 0.15) is 0 Å². The molecular weight excluding hydrogens is 456 g/mol. The summed E-state index contributed by atoms with van der Waals surface area (Å²) in [4.78, 5) is 23.7. The zero-order chi connectivity index (χ0) is 26.3. The molecule has 1 aliphatic heterocycles. The van der Waals surface area contributed by atoms with Gasteiger partial charge in [0.05, 0.1) is 31.5 Å². The minimum atomic E-state index is -0.619. The first-order valence-corrected chi connectivity index (χ1v) is 13.3. The Kier molecular flexibility index (Phi) is 13.5. The van der Waals surface area contributed by atoms with Crippen molar-refractivity contribution in [1.29, 1.82) is 0 Å². The predicted octanol–water partition coefficient (Wildman–Crippen LogP) is 5.36. The molecule has 1 fully saturated rings. The number of carbonyl (C=O) groups is 2. The summed E-state index contributed by atoms with van der Waals surface area (Å²) in [6, 6.07) is 9.03. The number of ether oxygens (including phenoxy) is 3. The maximum absolute atomic E-state index is 12.0. The first-order chi connectivity index (χ1) is 17.3. The smallest absolute Gasteiger partial charge is 0.335 e. The molecule has 0 radical (unpaired) electrons. The number of aliphatic hydroxyl groups excluding tert-OH is 1. The topological polar surface area (TPSA) is 82.1 Å². The Morgan fingerprint density at radius 3 is 2.33 bits per heavy atom. The second-order valence-corrected chi connectivity index (χ2v) is 9.95. The number of carbonyl (C=O) groups excluding carboxylic acids is 2. The van der Waals surface area contributed by atoms with E-state index in [0.29, 0.717) is 24.5 Å². The van der Waals surface area contributed by atoms with Crippen LogP contribution >= 0.6 is 0 Å². The van der Waals surface area contributed by atoms with E-state index in [1.165, 1.54) is 30.4 Å². The van der Waals surface area contributed by atoms with Crippen molar-refractivity contribution in [2.75, 3.05) is 26.4 Å². The summed E-state index contributed by atoms with van der Waals surface area (Å²) in [6.07, 6.45) is 9.38. The van der Waals surface area contributed by atoms with Crippen molar-refractivity contribution in [2.24, 2.45) is 11.8 Å². The molecule has 1 aromatic carbocycles. The van der Waals surface area contributed by atoms with Gasteiger partial charge in [-0.05, 0) is 68.9 Å². The maximum Gasteiger partial charge on any atom is 0.335 e. The highest BCUT2D eigenvalue weighted by Gasteiger charge is 2.30. The van der Waals surface area contributed by atoms with Gasteiger partial charge in [0.25, 0.3) is 0 Å². The summed E-state index contributed by atoms with van der Waals surface area (Å²) in [5, 5.41) is 9.10. The number of unbranched alkanes of at least 4 members (excludes halogenated alkanes) is 2. The van der Waals surface area contributed by atoms with Gasteiger partial charge in [-0.15, -0.1) is 0 Å². The molecule has 6 nitrogen and oxygen atoms in total. The SMILES string of the molecule is C=C(C)C(=O)OCCC(COC(=O)C(=C)CO)C1CCC(CCc2ccc(CCCCC)cc2)CO1. The van der Waals surface area contributed by atoms with Crippen molar-refractivity contribution in [3.8, 4) is 0 Å². The molecule has 0 aliphatic carbocycles. The highest BCUT2D eigenvalue weighted by atomic mass is 16.5. The molecule has 36 heavy (non-hydrogen) atoms. The quantitative estimate of drug-likeness (QED) is 0.187. The second kappa shape index (κ2) is 16.3. The number of aliphatic hydroxyl groups is 1. The Morgan fingerprint density at radius 1 is 1.06 bits per heavy atom. The van der Waals surface area contributed by atoms with Crippen molar-refractivity contribution < 1.29 is 28.9 Å². The summed E-state index contributed by atoms with van der Waals surface area (Å²) >= 11 is 0. The largest absolute Gasteiger partial charge is 0.462 e. The number of benzene rings is 1. The molecule has 1 aromatic rings. The van der Waals surface area contributed by atoms with E-state index in [1.54, 1.807) is 6.92 Å². The van der Waals surface area contributed by atoms with E-state index in [4.69, 9.17) is 19.3 Å². The number of hydrogen-bond acceptors (Lipinski definition) is 6. The van der Waals surface area contributed by atoms with Crippen molar-refractivity contribution in [2.45, 2.75) is 77.7 Å². The maximum atomic E-state index is 12.0. The van der Waals surface area contributed by atoms with E-state index in [-0.39, 0.29) is 30.8 Å². The summed E-state index contributed by atoms with van der Waals surface area (Å²) < 4.78 is 16.8. The third-order valence-corrected chi connectivity index (χ3v) is 6.84. The van der Waals surface area contributed by atoms with Crippen LogP contribution in [0.25, 0.3) is 0 Å². The molecule has 3 unspecified atom stereocenters. The Hall–Kier alpha value is -2.44. The van der Waals surface area contributed by atoms with Gasteiger partial charge in [0.15, 0.2) is 0 Å². The molecule has 6 heteroatoms. The lowest BCUT2D eigenvalue weighted by molar-refractivity contribution is -0.147. The lowest BCUT2D eigenvalue weighted by atomic mass is 9.87. The van der Waals surface area contributed by atoms with Crippen molar-refractivity contribution in [3.63, 3.8) is 0 Å². The molecular formula is C30H44O6. The van der Waals surface area contributed by atoms with Crippen LogP contribution in [0.1, 0.15) is 69.9 Å². The number of hydrogen-bond donors (Lipinski definition) is 1. The van der Waals surface area contributed by atoms with E-state index in [9.17, 15) is 9.59 Å². The normalized spacial score (nSPS) is 18.3. The van der Waals surface area contributed by atoms with E-state index in [2.05, 4.69) is 44.3 Å². The molecule has 0 bridgehead atoms. The van der Waals surface area contributed by atoms with Crippen LogP contribution in [-0.4, -0.2) is 49.6 Å². The Balaban J connectivity index is 1.81. The third kappa shape index (κ3) is 10.7. The van der Waals surface area contributed by atoms with E-state index >= 15 is 0 Å². The van der Waals surface area contributed by atoms with Crippen molar-refractivity contribution in [3.05, 3.63) is 59.7 Å². The molecule has 2 rings (SSSR count). The first kappa shape index (κ1) is 29.8. The van der Waals surface area contributed by atoms with E-state index in [1.807, 2.05) is 0 Å². The lowest BCUT2D eigenvalue weighted by Crippen LogP contribution is -2.36. The van der Waals surface area contributed by atoms with Crippen LogP contribution in [0, 0.1) is 11.8 Å². The van der Waals surface area contributed by atoms with Crippen LogP contribution in [0.3, 0.4) is 0 Å². The Morgan fingerprint density at radius 2 is 1.75 bits per heavy atom. The third-order valence-electron chi connectivity index (χ3n) is 6.84. The van der Waals surface area contributed by atoms with Crippen LogP contribution in [0.5, 0.6) is 0 Å². The van der Waals surface area contributed by atoms with Gasteiger partial charge in [-0.2, -0.15) is 0 Å². The monoisotopic (exact) mass is 500 g/mol. The average Bonchev–Trinajstić information content (AvgIpc) is 2.89. The summed E-state index contributed by atoms with van der Waals surface area (Å²) in [7, 11) is 0. The van der Waals surface area contributed by atoms with Crippen LogP contribution in [0.2, 0.25) is 0 Å². The summed E-state index contributed by atoms with van der Waals surface area (Å²) in [5.74, 6) is -0.673. The standard InChI is InChI=1S/C30H44O6/c1-5-6-7-8-24-9-11-25(12-10-24)13-14-26-15-16-28(35-20-26)27(17-18-34-29(32)22(2)3)21-36-30(33)23(4)19-31/h9-12,26-28,31H,2,4-8,13-21H2,1,3H3. The summed E-state index contributed by atoms with van der Waals surface area (Å²) in [5.41, 5.74) is 3.14. The fraction of sp³-hybridized carbons (Fsp3) is 0.600. The second-order valence-electron chi connectivity index (χ2n) is 9.95. The molecule has 3 atom stereocenters. The minimum Gasteiger partial charge on any atom is -0.462 e. The van der Waals surface area contributed by atoms with Gasteiger partial charge in [-0.25, -0.2) is 9.59 Å². The minimum absolute atomic E-state index is 0.0149. The van der Waals surface area contributed by atoms with Crippen LogP contribution < -0.4 is 0 Å². The summed E-state index contributed by atoms with van der Waals surface area (Å²) in [6.45, 7) is 11.5. The van der Waals surface area contributed by atoms with Crippen LogP contribution in [0.4, 0.5) is 0 Å². The number of aryl methyl sites for hydroxylation is 2. The van der Waals surface area contributed by atoms with Gasteiger partial charge >= 0.3 is 11.9 Å². The van der Waals surface area contributed by atoms with E-state index < -0.39 is 18.5 Å². The highest BCUT2D eigenvalue weighted by Crippen LogP contribution is 2.29. The molecule has 0 aromatic heterocycles. The van der Waals surface area contributed by atoms with Gasteiger partial charge in [0, 0.05) is 18.1 Å². The molecule has 0 amide bonds. The zero-order valence-corrected chi connectivity index (χ0v) is 22.1. The van der Waals surface area contributed by atoms with Crippen molar-refractivity contribution in [1.82, 2.24) is 0 Å². The fourth-order valence-corrected chi connectivity index (χ4v) is 4.40. The Bertz CT molecular complexity index is 836. The van der Waals surface area contributed by atoms with Gasteiger partial charge < -0.3 is 19.3 Å². The fourth-order valence-electron chi connectivity index (χ4n) is 4.40. The van der Waals surface area contributed by atoms with Crippen LogP contribution in [-0.2, 0) is 36.6 Å². The van der Waals surface area contributed by atoms with Crippen LogP contribution in [0.15, 0.2) is 48.6 Å². The molecule has 200 valence electrons.